The zero-order valence-corrected chi connectivity index (χ0v) is 18.5. The van der Waals surface area contributed by atoms with E-state index >= 15 is 0 Å². The quantitative estimate of drug-likeness (QED) is 0.365. The summed E-state index contributed by atoms with van der Waals surface area (Å²) in [6.07, 6.45) is 5.88. The number of hydrogen-bond donors (Lipinski definition) is 0. The summed E-state index contributed by atoms with van der Waals surface area (Å²) >= 11 is 1.54. The second kappa shape index (κ2) is 9.51. The fraction of sp³-hybridized carbons (Fsp3) is 0.478. The van der Waals surface area contributed by atoms with Crippen LogP contribution in [0.4, 0.5) is 0 Å². The van der Waals surface area contributed by atoms with Gasteiger partial charge in [-0.25, -0.2) is 4.79 Å². The largest absolute Gasteiger partial charge is 0.464 e. The van der Waals surface area contributed by atoms with Crippen LogP contribution >= 0.6 is 11.3 Å². The number of nitrogens with zero attached hydrogens (tertiary/aromatic N) is 2. The number of aromatic nitrogens is 1. The lowest BCUT2D eigenvalue weighted by Crippen LogP contribution is -2.53. The van der Waals surface area contributed by atoms with Gasteiger partial charge in [0.1, 0.15) is 6.04 Å². The Morgan fingerprint density at radius 3 is 2.80 bits per heavy atom. The zero-order chi connectivity index (χ0) is 21.7. The summed E-state index contributed by atoms with van der Waals surface area (Å²) in [4.78, 5) is 45.2. The van der Waals surface area contributed by atoms with E-state index in [1.54, 1.807) is 37.6 Å². The summed E-state index contributed by atoms with van der Waals surface area (Å²) in [6.45, 7) is 5.94. The maximum absolute atomic E-state index is 13.0. The van der Waals surface area contributed by atoms with Crippen molar-refractivity contribution < 1.29 is 19.1 Å². The molecule has 1 unspecified atom stereocenters. The number of amides is 1. The number of thiophene rings is 1. The average Bonchev–Trinajstić information content (AvgIpc) is 3.23. The summed E-state index contributed by atoms with van der Waals surface area (Å²) in [6, 6.07) is 5.06. The number of carbonyl (C=O) groups is 3. The molecule has 0 bridgehead atoms. The molecule has 0 fully saturated rings. The van der Waals surface area contributed by atoms with Crippen molar-refractivity contribution in [3.8, 4) is 0 Å². The molecule has 1 atom stereocenters. The van der Waals surface area contributed by atoms with Gasteiger partial charge >= 0.3 is 5.97 Å². The molecule has 0 spiro atoms. The normalized spacial score (nSPS) is 16.1. The maximum Gasteiger partial charge on any atom is 0.329 e. The van der Waals surface area contributed by atoms with Gasteiger partial charge in [-0.1, -0.05) is 26.8 Å². The third kappa shape index (κ3) is 4.95. The van der Waals surface area contributed by atoms with E-state index in [9.17, 15) is 14.4 Å². The number of carbonyl (C=O) groups excluding carboxylic acids is 3. The molecule has 2 aromatic rings. The smallest absolute Gasteiger partial charge is 0.329 e. The SMILES string of the molecule is CCC(C)(C)C(=O)C(=O)N1Cc2sccc2CC1C(=O)OCCCc1cccnc1. The highest BCUT2D eigenvalue weighted by Gasteiger charge is 2.42. The number of hydrogen-bond acceptors (Lipinski definition) is 6. The van der Waals surface area contributed by atoms with Crippen LogP contribution in [0.1, 0.15) is 49.6 Å². The molecule has 7 heteroatoms. The Morgan fingerprint density at radius 2 is 2.10 bits per heavy atom. The highest BCUT2D eigenvalue weighted by molar-refractivity contribution is 7.10. The number of fused-ring (bicyclic) bond motifs is 1. The van der Waals surface area contributed by atoms with Gasteiger partial charge in [-0.05, 0) is 47.9 Å². The van der Waals surface area contributed by atoms with Gasteiger partial charge < -0.3 is 9.64 Å². The highest BCUT2D eigenvalue weighted by atomic mass is 32.1. The van der Waals surface area contributed by atoms with Crippen LogP contribution in [0, 0.1) is 5.41 Å². The van der Waals surface area contributed by atoms with E-state index in [2.05, 4.69) is 4.98 Å². The van der Waals surface area contributed by atoms with Gasteiger partial charge in [-0.15, -0.1) is 11.3 Å². The van der Waals surface area contributed by atoms with E-state index in [0.29, 0.717) is 19.3 Å². The van der Waals surface area contributed by atoms with Gasteiger partial charge in [0.2, 0.25) is 5.78 Å². The number of ether oxygens (including phenoxy) is 1. The van der Waals surface area contributed by atoms with Crippen LogP contribution in [0.25, 0.3) is 0 Å². The fourth-order valence-electron chi connectivity index (χ4n) is 3.37. The first-order valence-electron chi connectivity index (χ1n) is 10.3. The van der Waals surface area contributed by atoms with E-state index in [1.165, 1.54) is 4.90 Å². The number of pyridine rings is 1. The minimum atomic E-state index is -0.769. The average molecular weight is 429 g/mol. The lowest BCUT2D eigenvalue weighted by molar-refractivity contribution is -0.160. The molecular formula is C23H28N2O4S. The first kappa shape index (κ1) is 22.2. The van der Waals surface area contributed by atoms with Crippen LogP contribution < -0.4 is 0 Å². The minimum Gasteiger partial charge on any atom is -0.464 e. The molecule has 1 amide bonds. The van der Waals surface area contributed by atoms with Crippen LogP contribution in [0.5, 0.6) is 0 Å². The molecule has 2 aromatic heterocycles. The summed E-state index contributed by atoms with van der Waals surface area (Å²) in [5, 5.41) is 1.95. The van der Waals surface area contributed by atoms with E-state index in [0.717, 1.165) is 22.4 Å². The molecule has 3 rings (SSSR count). The minimum absolute atomic E-state index is 0.261. The highest BCUT2D eigenvalue weighted by Crippen LogP contribution is 2.30. The maximum atomic E-state index is 13.0. The number of Topliss-reactive ketones (excluding diaryl/α,β-unsaturated/α-hetero) is 1. The molecule has 30 heavy (non-hydrogen) atoms. The van der Waals surface area contributed by atoms with E-state index < -0.39 is 29.1 Å². The summed E-state index contributed by atoms with van der Waals surface area (Å²) < 4.78 is 5.51. The standard InChI is InChI=1S/C23H28N2O4S/c1-4-23(2,3)20(26)21(27)25-15-19-17(9-12-30-19)13-18(25)22(28)29-11-6-8-16-7-5-10-24-14-16/h5,7,9-10,12,14,18H,4,6,8,11,13,15H2,1-3H3. The Labute approximate surface area is 181 Å². The third-order valence-corrected chi connectivity index (χ3v) is 6.69. The third-order valence-electron chi connectivity index (χ3n) is 5.74. The Kier molecular flexibility index (Phi) is 7.02. The molecule has 0 aromatic carbocycles. The van der Waals surface area contributed by atoms with Gasteiger partial charge in [0, 0.05) is 29.1 Å². The molecule has 0 aliphatic carbocycles. The summed E-state index contributed by atoms with van der Waals surface area (Å²) in [7, 11) is 0. The van der Waals surface area contributed by atoms with Crippen molar-refractivity contribution in [2.24, 2.45) is 5.41 Å². The van der Waals surface area contributed by atoms with Crippen molar-refractivity contribution in [3.63, 3.8) is 0 Å². The van der Waals surface area contributed by atoms with Gasteiger partial charge in [0.25, 0.3) is 5.91 Å². The molecule has 6 nitrogen and oxygen atoms in total. The lowest BCUT2D eigenvalue weighted by atomic mass is 9.84. The van der Waals surface area contributed by atoms with Crippen LogP contribution in [0.3, 0.4) is 0 Å². The molecule has 1 aliphatic heterocycles. The van der Waals surface area contributed by atoms with Crippen molar-refractivity contribution in [3.05, 3.63) is 52.0 Å². The molecule has 0 N–H and O–H groups in total. The first-order valence-corrected chi connectivity index (χ1v) is 11.2. The number of esters is 1. The Balaban J connectivity index is 1.67. The Bertz CT molecular complexity index is 907. The predicted octanol–water partition coefficient (Wildman–Crippen LogP) is 3.58. The molecule has 0 radical (unpaired) electrons. The van der Waals surface area contributed by atoms with Crippen molar-refractivity contribution >= 4 is 29.0 Å². The fourth-order valence-corrected chi connectivity index (χ4v) is 4.28. The van der Waals surface area contributed by atoms with Gasteiger partial charge in [-0.3, -0.25) is 14.6 Å². The number of ketones is 1. The molecule has 0 saturated heterocycles. The predicted molar refractivity (Wildman–Crippen MR) is 115 cm³/mol. The lowest BCUT2D eigenvalue weighted by Gasteiger charge is -2.35. The summed E-state index contributed by atoms with van der Waals surface area (Å²) in [5.41, 5.74) is 1.37. The topological polar surface area (TPSA) is 76.6 Å². The number of rotatable bonds is 8. The second-order valence-electron chi connectivity index (χ2n) is 8.22. The molecular weight excluding hydrogens is 400 g/mol. The molecule has 1 aliphatic rings. The van der Waals surface area contributed by atoms with Crippen molar-refractivity contribution in [2.75, 3.05) is 6.61 Å². The Hall–Kier alpha value is -2.54. The van der Waals surface area contributed by atoms with Crippen molar-refractivity contribution in [2.45, 2.75) is 59.0 Å². The van der Waals surface area contributed by atoms with Crippen molar-refractivity contribution in [1.82, 2.24) is 9.88 Å². The first-order chi connectivity index (χ1) is 14.3. The van der Waals surface area contributed by atoms with Crippen LogP contribution in [-0.2, 0) is 38.5 Å². The van der Waals surface area contributed by atoms with E-state index in [4.69, 9.17) is 4.74 Å². The van der Waals surface area contributed by atoms with Gasteiger partial charge in [-0.2, -0.15) is 0 Å². The molecule has 3 heterocycles. The van der Waals surface area contributed by atoms with Gasteiger partial charge in [0.15, 0.2) is 0 Å². The zero-order valence-electron chi connectivity index (χ0n) is 17.7. The van der Waals surface area contributed by atoms with E-state index in [-0.39, 0.29) is 13.2 Å². The van der Waals surface area contributed by atoms with Crippen LogP contribution in [-0.4, -0.2) is 40.2 Å². The van der Waals surface area contributed by atoms with E-state index in [1.807, 2.05) is 30.5 Å². The number of aryl methyl sites for hydroxylation is 1. The monoisotopic (exact) mass is 428 g/mol. The van der Waals surface area contributed by atoms with Gasteiger partial charge in [0.05, 0.1) is 13.2 Å². The van der Waals surface area contributed by atoms with Crippen LogP contribution in [0.2, 0.25) is 0 Å². The molecule has 160 valence electrons. The summed E-state index contributed by atoms with van der Waals surface area (Å²) in [5.74, 6) is -1.51. The second-order valence-corrected chi connectivity index (χ2v) is 9.22. The Morgan fingerprint density at radius 1 is 1.30 bits per heavy atom. The van der Waals surface area contributed by atoms with Crippen molar-refractivity contribution in [1.29, 1.82) is 0 Å². The van der Waals surface area contributed by atoms with Crippen LogP contribution in [0.15, 0.2) is 36.0 Å². The molecule has 0 saturated carbocycles.